The monoisotopic (exact) mass is 739 g/mol. The first-order valence-corrected chi connectivity index (χ1v) is 20.3. The predicted molar refractivity (Wildman–Crippen MR) is 250 cm³/mol. The average Bonchev–Trinajstić information content (AvgIpc) is 3.27. The summed E-state index contributed by atoms with van der Waals surface area (Å²) in [5.74, 6) is 0. The van der Waals surface area contributed by atoms with Crippen LogP contribution in [0.1, 0.15) is 26.3 Å². The van der Waals surface area contributed by atoms with Crippen LogP contribution in [0.5, 0.6) is 0 Å². The summed E-state index contributed by atoms with van der Waals surface area (Å²) in [6.07, 6.45) is 0. The van der Waals surface area contributed by atoms with Gasteiger partial charge in [0.2, 0.25) is 0 Å². The molecule has 0 radical (unpaired) electrons. The first kappa shape index (κ1) is 34.2. The zero-order chi connectivity index (χ0) is 39.0. The molecule has 10 aromatic carbocycles. The molecular weight excluding hydrogens is 699 g/mol. The molecule has 1 nitrogen and oxygen atoms in total. The van der Waals surface area contributed by atoms with Crippen molar-refractivity contribution in [1.82, 2.24) is 4.98 Å². The molecule has 1 heteroatoms. The number of pyridine rings is 1. The Bertz CT molecular complexity index is 3420. The lowest BCUT2D eigenvalue weighted by Gasteiger charge is -2.23. The number of rotatable bonds is 4. The van der Waals surface area contributed by atoms with Crippen molar-refractivity contribution >= 4 is 64.8 Å². The second-order valence-electron chi connectivity index (χ2n) is 16.8. The molecule has 0 unspecified atom stereocenters. The van der Waals surface area contributed by atoms with E-state index in [-0.39, 0.29) is 5.41 Å². The maximum Gasteiger partial charge on any atom is 0.0787 e. The van der Waals surface area contributed by atoms with Gasteiger partial charge < -0.3 is 0 Å². The van der Waals surface area contributed by atoms with E-state index < -0.39 is 0 Å². The van der Waals surface area contributed by atoms with Gasteiger partial charge in [0.15, 0.2) is 0 Å². The molecule has 1 aromatic heterocycles. The van der Waals surface area contributed by atoms with Crippen molar-refractivity contribution < 1.29 is 0 Å². The molecular formula is C57H41N. The van der Waals surface area contributed by atoms with E-state index in [1.807, 2.05) is 0 Å². The van der Waals surface area contributed by atoms with E-state index in [2.05, 4.69) is 215 Å². The van der Waals surface area contributed by atoms with Gasteiger partial charge in [0.05, 0.1) is 11.2 Å². The summed E-state index contributed by atoms with van der Waals surface area (Å²) in [5.41, 5.74) is 11.8. The minimum Gasteiger partial charge on any atom is -0.247 e. The van der Waals surface area contributed by atoms with Gasteiger partial charge in [-0.2, -0.15) is 0 Å². The lowest BCUT2D eigenvalue weighted by atomic mass is 9.80. The van der Waals surface area contributed by atoms with Crippen molar-refractivity contribution in [2.45, 2.75) is 26.2 Å². The van der Waals surface area contributed by atoms with Crippen LogP contribution in [0.4, 0.5) is 0 Å². The molecule has 0 spiro atoms. The molecule has 0 bridgehead atoms. The van der Waals surface area contributed by atoms with Gasteiger partial charge in [-0.05, 0) is 123 Å². The normalized spacial score (nSPS) is 12.1. The summed E-state index contributed by atoms with van der Waals surface area (Å²) in [7, 11) is 0. The Labute approximate surface area is 338 Å². The summed E-state index contributed by atoms with van der Waals surface area (Å²) < 4.78 is 0. The number of aromatic nitrogens is 1. The van der Waals surface area contributed by atoms with Crippen LogP contribution < -0.4 is 0 Å². The molecule has 0 aliphatic carbocycles. The van der Waals surface area contributed by atoms with Crippen molar-refractivity contribution in [3.05, 3.63) is 200 Å². The van der Waals surface area contributed by atoms with Gasteiger partial charge in [0.25, 0.3) is 0 Å². The fraction of sp³-hybridized carbons (Fsp3) is 0.0702. The number of hydrogen-bond acceptors (Lipinski definition) is 1. The highest BCUT2D eigenvalue weighted by atomic mass is 14.7. The van der Waals surface area contributed by atoms with Gasteiger partial charge in [0.1, 0.15) is 0 Å². The maximum atomic E-state index is 5.19. The van der Waals surface area contributed by atoms with Gasteiger partial charge in [-0.15, -0.1) is 0 Å². The van der Waals surface area contributed by atoms with E-state index >= 15 is 0 Å². The van der Waals surface area contributed by atoms with Crippen LogP contribution in [0.2, 0.25) is 0 Å². The predicted octanol–water partition coefficient (Wildman–Crippen LogP) is 16.0. The molecule has 274 valence electrons. The lowest BCUT2D eigenvalue weighted by Crippen LogP contribution is -2.10. The third kappa shape index (κ3) is 5.74. The smallest absolute Gasteiger partial charge is 0.0787 e. The highest BCUT2D eigenvalue weighted by Gasteiger charge is 2.21. The number of nitrogens with zero attached hydrogens (tertiary/aromatic N) is 1. The minimum absolute atomic E-state index is 0.000902. The second-order valence-corrected chi connectivity index (χ2v) is 16.8. The van der Waals surface area contributed by atoms with Crippen LogP contribution in [-0.2, 0) is 5.41 Å². The Morgan fingerprint density at radius 1 is 0.310 bits per heavy atom. The number of hydrogen-bond donors (Lipinski definition) is 0. The van der Waals surface area contributed by atoms with E-state index in [9.17, 15) is 0 Å². The zero-order valence-corrected chi connectivity index (χ0v) is 32.9. The van der Waals surface area contributed by atoms with Crippen LogP contribution >= 0.6 is 0 Å². The molecule has 0 saturated heterocycles. The van der Waals surface area contributed by atoms with Crippen molar-refractivity contribution in [2.75, 3.05) is 0 Å². The molecule has 1 heterocycles. The zero-order valence-electron chi connectivity index (χ0n) is 32.9. The molecule has 0 atom stereocenters. The molecule has 0 aliphatic rings. The Morgan fingerprint density at radius 2 is 0.793 bits per heavy atom. The molecule has 0 aliphatic heterocycles. The Morgan fingerprint density at radius 3 is 1.45 bits per heavy atom. The summed E-state index contributed by atoms with van der Waals surface area (Å²) in [6, 6.07) is 71.7. The summed E-state index contributed by atoms with van der Waals surface area (Å²) >= 11 is 0. The van der Waals surface area contributed by atoms with Crippen molar-refractivity contribution in [3.63, 3.8) is 0 Å². The van der Waals surface area contributed by atoms with Crippen molar-refractivity contribution in [3.8, 4) is 44.6 Å². The molecule has 0 fully saturated rings. The van der Waals surface area contributed by atoms with Crippen LogP contribution in [0.25, 0.3) is 109 Å². The standard InChI is InChI=1S/C57H41N/c1-57(2,3)47-28-30-50-52(35-47)55(46-25-19-37-11-5-7-14-43(37)33-46)49-29-26-44(34-51(49)54(50)45-24-18-36-10-4-6-13-42(36)32-45)38-16-21-40(22-17-38)53-31-27-41-23-20-39-12-8-9-15-48(39)56(41)58-53/h4-35H,1-3H3. The molecule has 0 saturated carbocycles. The summed E-state index contributed by atoms with van der Waals surface area (Å²) in [6.45, 7) is 6.93. The second kappa shape index (κ2) is 13.3. The van der Waals surface area contributed by atoms with E-state index in [4.69, 9.17) is 4.98 Å². The SMILES string of the molecule is CC(C)(C)c1ccc2c(-c3ccc4ccccc4c3)c3cc(-c4ccc(-c5ccc6ccc7ccccc7c6n5)cc4)ccc3c(-c3ccc4ccccc4c3)c2c1. The minimum atomic E-state index is -0.000902. The number of benzene rings is 10. The van der Waals surface area contributed by atoms with Crippen LogP contribution in [-0.4, -0.2) is 4.98 Å². The molecule has 0 N–H and O–H groups in total. The van der Waals surface area contributed by atoms with Gasteiger partial charge in [-0.3, -0.25) is 0 Å². The third-order valence-electron chi connectivity index (χ3n) is 12.2. The highest BCUT2D eigenvalue weighted by molar-refractivity contribution is 6.23. The first-order chi connectivity index (χ1) is 28.4. The Hall–Kier alpha value is -7.09. The lowest BCUT2D eigenvalue weighted by molar-refractivity contribution is 0.591. The highest BCUT2D eigenvalue weighted by Crippen LogP contribution is 2.47. The molecule has 0 amide bonds. The largest absolute Gasteiger partial charge is 0.247 e. The van der Waals surface area contributed by atoms with Crippen LogP contribution in [0, 0.1) is 0 Å². The van der Waals surface area contributed by atoms with Crippen LogP contribution in [0.15, 0.2) is 194 Å². The fourth-order valence-corrected chi connectivity index (χ4v) is 9.04. The average molecular weight is 740 g/mol. The molecule has 11 aromatic rings. The Balaban J connectivity index is 1.14. The maximum absolute atomic E-state index is 5.19. The van der Waals surface area contributed by atoms with Gasteiger partial charge in [-0.25, -0.2) is 4.98 Å². The summed E-state index contributed by atoms with van der Waals surface area (Å²) in [4.78, 5) is 5.19. The van der Waals surface area contributed by atoms with Crippen molar-refractivity contribution in [1.29, 1.82) is 0 Å². The topological polar surface area (TPSA) is 12.9 Å². The fourth-order valence-electron chi connectivity index (χ4n) is 9.04. The quantitative estimate of drug-likeness (QED) is 0.129. The molecule has 58 heavy (non-hydrogen) atoms. The van der Waals surface area contributed by atoms with Gasteiger partial charge in [-0.1, -0.05) is 185 Å². The Kier molecular flexibility index (Phi) is 7.81. The van der Waals surface area contributed by atoms with E-state index in [1.165, 1.54) is 92.8 Å². The first-order valence-electron chi connectivity index (χ1n) is 20.3. The number of fused-ring (bicyclic) bond motifs is 7. The van der Waals surface area contributed by atoms with Crippen molar-refractivity contribution in [2.24, 2.45) is 0 Å². The molecule has 11 rings (SSSR count). The van der Waals surface area contributed by atoms with E-state index in [1.54, 1.807) is 0 Å². The third-order valence-corrected chi connectivity index (χ3v) is 12.2. The van der Waals surface area contributed by atoms with Crippen LogP contribution in [0.3, 0.4) is 0 Å². The van der Waals surface area contributed by atoms with Gasteiger partial charge in [0, 0.05) is 16.3 Å². The summed E-state index contributed by atoms with van der Waals surface area (Å²) in [5, 5.41) is 13.6. The van der Waals surface area contributed by atoms with E-state index in [0.29, 0.717) is 0 Å². The van der Waals surface area contributed by atoms with Gasteiger partial charge >= 0.3 is 0 Å². The van der Waals surface area contributed by atoms with E-state index in [0.717, 1.165) is 22.2 Å².